The van der Waals surface area contributed by atoms with Crippen molar-refractivity contribution in [3.8, 4) is 0 Å². The molecule has 4 saturated carbocycles. The lowest BCUT2D eigenvalue weighted by atomic mass is 9.47. The van der Waals surface area contributed by atoms with E-state index in [9.17, 15) is 9.90 Å². The van der Waals surface area contributed by atoms with Crippen LogP contribution in [-0.4, -0.2) is 33.5 Å². The van der Waals surface area contributed by atoms with E-state index in [4.69, 9.17) is 0 Å². The molecule has 24 heavy (non-hydrogen) atoms. The highest BCUT2D eigenvalue weighted by Gasteiger charge is 2.57. The Morgan fingerprint density at radius 3 is 2.67 bits per heavy atom. The van der Waals surface area contributed by atoms with Crippen LogP contribution in [-0.2, 0) is 11.3 Å². The van der Waals surface area contributed by atoms with Gasteiger partial charge in [0, 0.05) is 31.9 Å². The van der Waals surface area contributed by atoms with E-state index < -0.39 is 5.60 Å². The normalized spacial score (nSPS) is 36.8. The standard InChI is InChI=1S/C20H28N2O2/c1-14-17(4-3-5-21-14)12-22(2)18(23)11-19-7-15-6-16(8-19)10-20(24,9-15)13-19/h3-5,15-16,24H,6-13H2,1-2H3/t15-,16?,19?,20?/m0/s1. The smallest absolute Gasteiger partial charge is 0.223 e. The first-order chi connectivity index (χ1) is 11.4. The lowest BCUT2D eigenvalue weighted by molar-refractivity contribution is -0.171. The molecule has 0 saturated heterocycles. The zero-order chi connectivity index (χ0) is 16.9. The van der Waals surface area contributed by atoms with Crippen molar-refractivity contribution in [3.05, 3.63) is 29.6 Å². The first-order valence-corrected chi connectivity index (χ1v) is 9.23. The van der Waals surface area contributed by atoms with Crippen molar-refractivity contribution in [3.63, 3.8) is 0 Å². The highest BCUT2D eigenvalue weighted by Crippen LogP contribution is 2.62. The Kier molecular flexibility index (Phi) is 3.72. The number of rotatable bonds is 4. The van der Waals surface area contributed by atoms with Crippen LogP contribution in [0.15, 0.2) is 18.3 Å². The van der Waals surface area contributed by atoms with E-state index in [1.165, 1.54) is 6.42 Å². The summed E-state index contributed by atoms with van der Waals surface area (Å²) in [6.45, 7) is 2.61. The maximum absolute atomic E-state index is 12.9. The highest BCUT2D eigenvalue weighted by atomic mass is 16.3. The van der Waals surface area contributed by atoms with Gasteiger partial charge in [0.15, 0.2) is 0 Å². The van der Waals surface area contributed by atoms with Gasteiger partial charge in [0.2, 0.25) is 5.91 Å². The van der Waals surface area contributed by atoms with Gasteiger partial charge in [-0.1, -0.05) is 6.07 Å². The first kappa shape index (κ1) is 16.1. The molecule has 0 aliphatic heterocycles. The van der Waals surface area contributed by atoms with E-state index in [0.717, 1.165) is 43.4 Å². The summed E-state index contributed by atoms with van der Waals surface area (Å²) in [5, 5.41) is 10.9. The third-order valence-corrected chi connectivity index (χ3v) is 6.63. The lowest BCUT2D eigenvalue weighted by Gasteiger charge is -2.60. The molecular weight excluding hydrogens is 300 g/mol. The number of carbonyl (C=O) groups excluding carboxylic acids is 1. The van der Waals surface area contributed by atoms with Gasteiger partial charge in [-0.3, -0.25) is 9.78 Å². The second-order valence-electron chi connectivity index (χ2n) is 8.86. The number of nitrogens with zero attached hydrogens (tertiary/aromatic N) is 2. The molecule has 1 aromatic heterocycles. The Morgan fingerprint density at radius 2 is 2.04 bits per heavy atom. The predicted octanol–water partition coefficient (Wildman–Crippen LogP) is 3.07. The van der Waals surface area contributed by atoms with Gasteiger partial charge in [-0.25, -0.2) is 0 Å². The van der Waals surface area contributed by atoms with E-state index in [1.54, 1.807) is 6.20 Å². The molecule has 5 rings (SSSR count). The second-order valence-corrected chi connectivity index (χ2v) is 8.86. The Bertz CT molecular complexity index is 643. The quantitative estimate of drug-likeness (QED) is 0.924. The summed E-state index contributed by atoms with van der Waals surface area (Å²) in [7, 11) is 1.89. The van der Waals surface area contributed by atoms with Crippen molar-refractivity contribution < 1.29 is 9.90 Å². The number of carbonyl (C=O) groups is 1. The summed E-state index contributed by atoms with van der Waals surface area (Å²) in [6, 6.07) is 3.97. The molecule has 3 unspecified atom stereocenters. The van der Waals surface area contributed by atoms with Gasteiger partial charge in [0.1, 0.15) is 0 Å². The molecule has 1 aromatic rings. The molecule has 1 amide bonds. The Balaban J connectivity index is 1.45. The van der Waals surface area contributed by atoms with Gasteiger partial charge in [-0.15, -0.1) is 0 Å². The molecule has 4 aliphatic carbocycles. The fraction of sp³-hybridized carbons (Fsp3) is 0.700. The van der Waals surface area contributed by atoms with Crippen LogP contribution in [0.3, 0.4) is 0 Å². The topological polar surface area (TPSA) is 53.4 Å². The van der Waals surface area contributed by atoms with E-state index in [0.29, 0.717) is 24.8 Å². The molecular formula is C20H28N2O2. The van der Waals surface area contributed by atoms with Gasteiger partial charge in [0.25, 0.3) is 0 Å². The SMILES string of the molecule is Cc1ncccc1CN(C)C(=O)CC12CC3C[C@H](CC(O)(C3)C1)C2. The average molecular weight is 328 g/mol. The van der Waals surface area contributed by atoms with Crippen molar-refractivity contribution in [2.24, 2.45) is 17.3 Å². The van der Waals surface area contributed by atoms with E-state index >= 15 is 0 Å². The lowest BCUT2D eigenvalue weighted by Crippen LogP contribution is -2.56. The van der Waals surface area contributed by atoms with Crippen LogP contribution >= 0.6 is 0 Å². The van der Waals surface area contributed by atoms with Gasteiger partial charge in [-0.05, 0) is 74.3 Å². The summed E-state index contributed by atoms with van der Waals surface area (Å²) in [4.78, 5) is 19.0. The molecule has 0 aromatic carbocycles. The van der Waals surface area contributed by atoms with Gasteiger partial charge >= 0.3 is 0 Å². The van der Waals surface area contributed by atoms with Crippen molar-refractivity contribution in [1.29, 1.82) is 0 Å². The number of amides is 1. The van der Waals surface area contributed by atoms with Crippen molar-refractivity contribution in [1.82, 2.24) is 9.88 Å². The average Bonchev–Trinajstić information content (AvgIpc) is 2.46. The summed E-state index contributed by atoms with van der Waals surface area (Å²) in [6.07, 6.45) is 8.68. The zero-order valence-electron chi connectivity index (χ0n) is 14.8. The fourth-order valence-corrected chi connectivity index (χ4v) is 6.09. The fourth-order valence-electron chi connectivity index (χ4n) is 6.09. The molecule has 4 heteroatoms. The molecule has 4 atom stereocenters. The van der Waals surface area contributed by atoms with Crippen LogP contribution in [0.5, 0.6) is 0 Å². The molecule has 1 N–H and O–H groups in total. The largest absolute Gasteiger partial charge is 0.390 e. The minimum absolute atomic E-state index is 0.0498. The van der Waals surface area contributed by atoms with E-state index in [1.807, 2.05) is 31.0 Å². The molecule has 0 spiro atoms. The summed E-state index contributed by atoms with van der Waals surface area (Å²) in [5.74, 6) is 1.48. The third kappa shape index (κ3) is 2.85. The van der Waals surface area contributed by atoms with Crippen LogP contribution in [0.4, 0.5) is 0 Å². The maximum Gasteiger partial charge on any atom is 0.223 e. The number of aryl methyl sites for hydroxylation is 1. The van der Waals surface area contributed by atoms with Crippen LogP contribution in [0.2, 0.25) is 0 Å². The number of pyridine rings is 1. The summed E-state index contributed by atoms with van der Waals surface area (Å²) >= 11 is 0. The van der Waals surface area contributed by atoms with Crippen molar-refractivity contribution in [2.75, 3.05) is 7.05 Å². The minimum Gasteiger partial charge on any atom is -0.390 e. The predicted molar refractivity (Wildman–Crippen MR) is 92.1 cm³/mol. The molecule has 4 aliphatic rings. The Hall–Kier alpha value is -1.42. The summed E-state index contributed by atoms with van der Waals surface area (Å²) < 4.78 is 0. The van der Waals surface area contributed by atoms with Crippen LogP contribution in [0.25, 0.3) is 0 Å². The van der Waals surface area contributed by atoms with Crippen molar-refractivity contribution >= 4 is 5.91 Å². The maximum atomic E-state index is 12.9. The Morgan fingerprint density at radius 1 is 1.33 bits per heavy atom. The summed E-state index contributed by atoms with van der Waals surface area (Å²) in [5.41, 5.74) is 1.66. The van der Waals surface area contributed by atoms with Gasteiger partial charge in [0.05, 0.1) is 5.60 Å². The Labute approximate surface area is 144 Å². The second kappa shape index (κ2) is 5.55. The molecule has 0 radical (unpaired) electrons. The monoisotopic (exact) mass is 328 g/mol. The first-order valence-electron chi connectivity index (χ1n) is 9.23. The van der Waals surface area contributed by atoms with Crippen molar-refractivity contribution in [2.45, 2.75) is 64.0 Å². The molecule has 4 nitrogen and oxygen atoms in total. The molecule has 4 bridgehead atoms. The molecule has 130 valence electrons. The van der Waals surface area contributed by atoms with Gasteiger partial charge in [-0.2, -0.15) is 0 Å². The van der Waals surface area contributed by atoms with E-state index in [2.05, 4.69) is 4.98 Å². The highest BCUT2D eigenvalue weighted by molar-refractivity contribution is 5.76. The zero-order valence-corrected chi connectivity index (χ0v) is 14.8. The third-order valence-electron chi connectivity index (χ3n) is 6.63. The van der Waals surface area contributed by atoms with Crippen LogP contribution in [0.1, 0.15) is 56.2 Å². The van der Waals surface area contributed by atoms with E-state index in [-0.39, 0.29) is 11.3 Å². The number of hydrogen-bond acceptors (Lipinski definition) is 3. The van der Waals surface area contributed by atoms with Gasteiger partial charge < -0.3 is 10.0 Å². The number of aromatic nitrogens is 1. The molecule has 1 heterocycles. The number of hydrogen-bond donors (Lipinski definition) is 1. The van der Waals surface area contributed by atoms with Crippen LogP contribution in [0, 0.1) is 24.2 Å². The molecule has 4 fully saturated rings. The minimum atomic E-state index is -0.483. The number of aliphatic hydroxyl groups is 1. The van der Waals surface area contributed by atoms with Crippen LogP contribution < -0.4 is 0 Å².